The molecule has 0 aliphatic carbocycles. The molecule has 0 radical (unpaired) electrons. The van der Waals surface area contributed by atoms with Gasteiger partial charge in [-0.05, 0) is 74.0 Å². The zero-order valence-corrected chi connectivity index (χ0v) is 26.5. The Morgan fingerprint density at radius 2 is 1.55 bits per heavy atom. The molecule has 5 heterocycles. The fourth-order valence-electron chi connectivity index (χ4n) is 5.92. The lowest BCUT2D eigenvalue weighted by Gasteiger charge is -2.37. The average Bonchev–Trinajstić information content (AvgIpc) is 3.89. The van der Waals surface area contributed by atoms with Crippen LogP contribution in [-0.4, -0.2) is 85.0 Å². The van der Waals surface area contributed by atoms with E-state index in [1.165, 1.54) is 4.80 Å². The minimum Gasteiger partial charge on any atom is -0.491 e. The zero-order valence-electron chi connectivity index (χ0n) is 26.5. The smallest absolute Gasteiger partial charge is 0.350 e. The van der Waals surface area contributed by atoms with E-state index in [1.807, 2.05) is 44.2 Å². The van der Waals surface area contributed by atoms with Crippen molar-refractivity contribution < 1.29 is 14.2 Å². The molecule has 0 bridgehead atoms. The topological polar surface area (TPSA) is 130 Å². The van der Waals surface area contributed by atoms with Crippen molar-refractivity contribution in [3.63, 3.8) is 0 Å². The van der Waals surface area contributed by atoms with Crippen LogP contribution in [0.15, 0.2) is 90.4 Å². The number of ether oxygens (including phenoxy) is 3. The van der Waals surface area contributed by atoms with E-state index in [2.05, 4.69) is 59.6 Å². The summed E-state index contributed by atoms with van der Waals surface area (Å²) < 4.78 is 21.8. The summed E-state index contributed by atoms with van der Waals surface area (Å²) in [5.41, 5.74) is 3.55. The first-order chi connectivity index (χ1) is 23.0. The van der Waals surface area contributed by atoms with Gasteiger partial charge in [-0.2, -0.15) is 25.2 Å². The number of piperazine rings is 1. The Morgan fingerprint density at radius 1 is 0.894 bits per heavy atom. The van der Waals surface area contributed by atoms with E-state index in [0.717, 1.165) is 55.4 Å². The molecule has 5 aromatic rings. The van der Waals surface area contributed by atoms with E-state index >= 15 is 0 Å². The summed E-state index contributed by atoms with van der Waals surface area (Å²) in [5, 5.41) is 20.9. The summed E-state index contributed by atoms with van der Waals surface area (Å²) >= 11 is 0. The normalized spacial score (nSPS) is 20.4. The molecule has 2 fully saturated rings. The highest BCUT2D eigenvalue weighted by atomic mass is 16.8. The molecule has 3 aromatic heterocycles. The number of rotatable bonds is 11. The maximum atomic E-state index is 12.8. The first-order valence-corrected chi connectivity index (χ1v) is 15.9. The Morgan fingerprint density at radius 3 is 2.19 bits per heavy atom. The van der Waals surface area contributed by atoms with Crippen molar-refractivity contribution >= 4 is 11.4 Å². The first kappa shape index (κ1) is 30.6. The maximum Gasteiger partial charge on any atom is 0.350 e. The third-order valence-corrected chi connectivity index (χ3v) is 8.75. The van der Waals surface area contributed by atoms with Gasteiger partial charge in [0.05, 0.1) is 30.7 Å². The van der Waals surface area contributed by atoms with Gasteiger partial charge in [0.25, 0.3) is 0 Å². The predicted molar refractivity (Wildman–Crippen MR) is 174 cm³/mol. The quantitative estimate of drug-likeness (QED) is 0.212. The van der Waals surface area contributed by atoms with Crippen molar-refractivity contribution in [2.24, 2.45) is 0 Å². The Hall–Kier alpha value is -5.08. The summed E-state index contributed by atoms with van der Waals surface area (Å²) in [5.74, 6) is -0.387. The number of nitrogens with zero attached hydrogens (tertiary/aromatic N) is 10. The highest BCUT2D eigenvalue weighted by molar-refractivity contribution is 5.54. The van der Waals surface area contributed by atoms with Gasteiger partial charge in [0.2, 0.25) is 5.79 Å². The van der Waals surface area contributed by atoms with Crippen molar-refractivity contribution in [1.82, 2.24) is 39.5 Å². The summed E-state index contributed by atoms with van der Waals surface area (Å²) in [4.78, 5) is 19.1. The van der Waals surface area contributed by atoms with Crippen LogP contribution in [0.4, 0.5) is 11.4 Å². The van der Waals surface area contributed by atoms with Crippen molar-refractivity contribution in [2.45, 2.75) is 44.7 Å². The molecule has 2 aliphatic heterocycles. The third-order valence-electron chi connectivity index (χ3n) is 8.75. The van der Waals surface area contributed by atoms with Gasteiger partial charge in [0.1, 0.15) is 37.0 Å². The molecule has 0 saturated carbocycles. The van der Waals surface area contributed by atoms with Gasteiger partial charge in [-0.25, -0.2) is 14.0 Å². The summed E-state index contributed by atoms with van der Waals surface area (Å²) in [6.45, 7) is 8.53. The molecular weight excluding hydrogens is 600 g/mol. The lowest BCUT2D eigenvalue weighted by molar-refractivity contribution is -0.195. The van der Waals surface area contributed by atoms with E-state index in [4.69, 9.17) is 14.2 Å². The SMILES string of the molecule is CCC(C)n1ncn(-c2ccc(N3CCN(c4ccc(OCC5COC(Cn6nccn6)(c6cccnn6)O5)cc4)CC3)cc2)c1=O. The van der Waals surface area contributed by atoms with Gasteiger partial charge >= 0.3 is 5.69 Å². The van der Waals surface area contributed by atoms with Crippen molar-refractivity contribution in [2.75, 3.05) is 49.2 Å². The van der Waals surface area contributed by atoms with Gasteiger partial charge in [-0.15, -0.1) is 5.10 Å². The molecule has 0 spiro atoms. The van der Waals surface area contributed by atoms with E-state index in [1.54, 1.807) is 40.2 Å². The van der Waals surface area contributed by atoms with Crippen LogP contribution in [0.25, 0.3) is 5.69 Å². The molecule has 0 N–H and O–H groups in total. The van der Waals surface area contributed by atoms with E-state index in [0.29, 0.717) is 18.9 Å². The molecular formula is C33H38N10O4. The summed E-state index contributed by atoms with van der Waals surface area (Å²) in [6, 6.07) is 20.0. The van der Waals surface area contributed by atoms with Gasteiger partial charge in [-0.1, -0.05) is 6.92 Å². The molecule has 2 aromatic carbocycles. The fourth-order valence-corrected chi connectivity index (χ4v) is 5.92. The molecule has 244 valence electrons. The Labute approximate surface area is 272 Å². The highest BCUT2D eigenvalue weighted by Gasteiger charge is 2.46. The molecule has 0 amide bonds. The van der Waals surface area contributed by atoms with Crippen molar-refractivity contribution in [1.29, 1.82) is 0 Å². The molecule has 47 heavy (non-hydrogen) atoms. The number of anilines is 2. The third kappa shape index (κ3) is 6.46. The van der Waals surface area contributed by atoms with Crippen LogP contribution in [0.2, 0.25) is 0 Å². The zero-order chi connectivity index (χ0) is 32.2. The van der Waals surface area contributed by atoms with E-state index in [-0.39, 0.29) is 24.4 Å². The monoisotopic (exact) mass is 638 g/mol. The van der Waals surface area contributed by atoms with Gasteiger partial charge < -0.3 is 24.0 Å². The Kier molecular flexibility index (Phi) is 8.68. The maximum absolute atomic E-state index is 12.8. The van der Waals surface area contributed by atoms with Crippen LogP contribution >= 0.6 is 0 Å². The van der Waals surface area contributed by atoms with Gasteiger partial charge in [0, 0.05) is 43.8 Å². The second-order valence-corrected chi connectivity index (χ2v) is 11.8. The van der Waals surface area contributed by atoms with E-state index < -0.39 is 5.79 Å². The lowest BCUT2D eigenvalue weighted by Crippen LogP contribution is -2.46. The molecule has 3 atom stereocenters. The fraction of sp³-hybridized carbons (Fsp3) is 0.394. The molecule has 2 aliphatic rings. The van der Waals surface area contributed by atoms with Gasteiger partial charge in [0.15, 0.2) is 0 Å². The van der Waals surface area contributed by atoms with Crippen LogP contribution in [0.1, 0.15) is 32.0 Å². The summed E-state index contributed by atoms with van der Waals surface area (Å²) in [7, 11) is 0. The molecule has 14 nitrogen and oxygen atoms in total. The molecule has 3 unspecified atom stereocenters. The van der Waals surface area contributed by atoms with Crippen LogP contribution < -0.4 is 20.2 Å². The van der Waals surface area contributed by atoms with Crippen molar-refractivity contribution in [3.8, 4) is 11.4 Å². The minimum absolute atomic E-state index is 0.0685. The van der Waals surface area contributed by atoms with E-state index in [9.17, 15) is 4.79 Å². The van der Waals surface area contributed by atoms with Crippen LogP contribution in [0, 0.1) is 0 Å². The lowest BCUT2D eigenvalue weighted by atomic mass is 10.2. The Bertz CT molecular complexity index is 1790. The number of benzene rings is 2. The summed E-state index contributed by atoms with van der Waals surface area (Å²) in [6.07, 6.45) is 6.98. The standard InChI is InChI=1S/C33H38N10O4/c1-3-25(2)43-32(44)41(24-37-43)28-8-6-26(7-9-28)39-17-19-40(20-18-39)27-10-12-29(13-11-27)45-21-30-22-46-33(47-30,23-42-35-15-16-36-42)31-5-4-14-34-38-31/h4-16,24-25,30H,3,17-23H2,1-2H3. The molecule has 7 rings (SSSR count). The largest absolute Gasteiger partial charge is 0.491 e. The van der Waals surface area contributed by atoms with Crippen LogP contribution in [0.5, 0.6) is 5.75 Å². The number of hydrogen-bond acceptors (Lipinski definition) is 11. The molecule has 14 heteroatoms. The second kappa shape index (κ2) is 13.3. The second-order valence-electron chi connectivity index (χ2n) is 11.8. The van der Waals surface area contributed by atoms with Crippen LogP contribution in [0.3, 0.4) is 0 Å². The average molecular weight is 639 g/mol. The Balaban J connectivity index is 0.913. The van der Waals surface area contributed by atoms with Crippen LogP contribution in [-0.2, 0) is 21.8 Å². The number of hydrogen-bond donors (Lipinski definition) is 0. The predicted octanol–water partition coefficient (Wildman–Crippen LogP) is 3.06. The minimum atomic E-state index is -1.15. The van der Waals surface area contributed by atoms with Crippen molar-refractivity contribution in [3.05, 3.63) is 102 Å². The highest BCUT2D eigenvalue weighted by Crippen LogP contribution is 2.35. The number of aromatic nitrogens is 8. The van der Waals surface area contributed by atoms with Gasteiger partial charge in [-0.3, -0.25) is 0 Å². The first-order valence-electron chi connectivity index (χ1n) is 15.9. The molecule has 2 saturated heterocycles.